The molecule has 11 nitrogen and oxygen atoms in total. The van der Waals surface area contributed by atoms with E-state index in [0.717, 1.165) is 5.57 Å². The highest BCUT2D eigenvalue weighted by atomic mass is 16.7. The van der Waals surface area contributed by atoms with Crippen LogP contribution in [0.4, 0.5) is 0 Å². The Morgan fingerprint density at radius 2 is 1.67 bits per heavy atom. The molecule has 0 aromatic heterocycles. The number of hydrogen-bond donors (Lipinski definition) is 2. The van der Waals surface area contributed by atoms with Crippen LogP contribution < -0.4 is 0 Å². The normalized spacial score (nSPS) is 46.3. The van der Waals surface area contributed by atoms with E-state index < -0.39 is 82.5 Å². The second kappa shape index (κ2) is 9.85. The molecule has 1 saturated carbocycles. The van der Waals surface area contributed by atoms with Gasteiger partial charge < -0.3 is 33.9 Å². The maximum Gasteiger partial charge on any atom is 0.342 e. The lowest BCUT2D eigenvalue weighted by atomic mass is 9.51. The highest BCUT2D eigenvalue weighted by Crippen LogP contribution is 2.65. The summed E-state index contributed by atoms with van der Waals surface area (Å²) < 4.78 is 29.0. The molecule has 0 aromatic carbocycles. The Morgan fingerprint density at radius 1 is 1.05 bits per heavy atom. The van der Waals surface area contributed by atoms with Crippen LogP contribution in [0.1, 0.15) is 80.6 Å². The SMILES string of the molecule is CCCC(=O)OC1CC(OC(C)=O)[C@]2(C)C(OC(C)=O)CC/C(C)=C\C3OC(=O)[C@]4(C)OC34C(O)C2[C@@]1(C)O. The van der Waals surface area contributed by atoms with E-state index in [0.29, 0.717) is 12.8 Å². The predicted molar refractivity (Wildman–Crippen MR) is 134 cm³/mol. The standard InChI is InChI=1S/C28H40O11/c1-8-9-21(31)37-19-13-18(36-16(4)30)25(5)17(35-15(3)29)11-10-14(2)12-20-28(23(32)22(25)26(19,6)34)27(7,39-28)24(33)38-20/h12,17-20,22-23,32,34H,8-11,13H2,1-7H3/b14-12-/t17?,18?,19?,20?,22?,23?,25-,26-,27-,28?/m0/s1. The zero-order chi connectivity index (χ0) is 29.1. The molecule has 7 unspecified atom stereocenters. The number of hydrogen-bond acceptors (Lipinski definition) is 11. The number of aliphatic hydroxyl groups excluding tert-OH is 1. The van der Waals surface area contributed by atoms with Crippen LogP contribution in [-0.2, 0) is 42.9 Å². The molecule has 10 atom stereocenters. The van der Waals surface area contributed by atoms with Crippen molar-refractivity contribution in [2.24, 2.45) is 11.3 Å². The number of fused-ring (bicyclic) bond motifs is 1. The van der Waals surface area contributed by atoms with Crippen LogP contribution in [0.5, 0.6) is 0 Å². The number of carbonyl (C=O) groups is 4. The number of esters is 4. The monoisotopic (exact) mass is 552 g/mol. The van der Waals surface area contributed by atoms with Gasteiger partial charge in [0.15, 0.2) is 17.3 Å². The molecule has 1 spiro atoms. The first-order valence-electron chi connectivity index (χ1n) is 13.6. The number of ether oxygens (including phenoxy) is 5. The van der Waals surface area contributed by atoms with E-state index in [9.17, 15) is 29.4 Å². The maximum absolute atomic E-state index is 12.9. The molecule has 0 aromatic rings. The quantitative estimate of drug-likeness (QED) is 0.222. The number of rotatable bonds is 5. The molecule has 4 rings (SSSR count). The predicted octanol–water partition coefficient (Wildman–Crippen LogP) is 1.89. The van der Waals surface area contributed by atoms with Crippen LogP contribution in [0.25, 0.3) is 0 Å². The smallest absolute Gasteiger partial charge is 0.342 e. The summed E-state index contributed by atoms with van der Waals surface area (Å²) in [5.41, 5.74) is -5.58. The van der Waals surface area contributed by atoms with Crippen molar-refractivity contribution in [1.29, 1.82) is 0 Å². The van der Waals surface area contributed by atoms with Gasteiger partial charge in [0.1, 0.15) is 23.9 Å². The molecule has 218 valence electrons. The van der Waals surface area contributed by atoms with Crippen LogP contribution in [0.2, 0.25) is 0 Å². The summed E-state index contributed by atoms with van der Waals surface area (Å²) in [4.78, 5) is 50.2. The molecular formula is C28H40O11. The van der Waals surface area contributed by atoms with Gasteiger partial charge in [0.25, 0.3) is 0 Å². The maximum atomic E-state index is 12.9. The van der Waals surface area contributed by atoms with Crippen LogP contribution in [-0.4, -0.2) is 81.4 Å². The summed E-state index contributed by atoms with van der Waals surface area (Å²) in [5, 5.41) is 24.5. The zero-order valence-electron chi connectivity index (χ0n) is 23.6. The van der Waals surface area contributed by atoms with E-state index in [-0.39, 0.29) is 19.3 Å². The van der Waals surface area contributed by atoms with Crippen molar-refractivity contribution in [3.05, 3.63) is 11.6 Å². The molecule has 0 radical (unpaired) electrons. The summed E-state index contributed by atoms with van der Waals surface area (Å²) in [6.07, 6.45) is -2.79. The molecule has 2 saturated heterocycles. The minimum Gasteiger partial charge on any atom is -0.462 e. The fourth-order valence-electron chi connectivity index (χ4n) is 7.22. The lowest BCUT2D eigenvalue weighted by Gasteiger charge is -2.59. The molecule has 39 heavy (non-hydrogen) atoms. The first kappa shape index (κ1) is 29.5. The summed E-state index contributed by atoms with van der Waals surface area (Å²) >= 11 is 0. The molecule has 2 aliphatic heterocycles. The summed E-state index contributed by atoms with van der Waals surface area (Å²) in [6.45, 7) is 10.8. The van der Waals surface area contributed by atoms with E-state index in [4.69, 9.17) is 23.7 Å². The Hall–Kier alpha value is -2.50. The Labute approximate surface area is 228 Å². The molecule has 0 bridgehead atoms. The van der Waals surface area contributed by atoms with Gasteiger partial charge in [0.05, 0.1) is 11.5 Å². The van der Waals surface area contributed by atoms with Crippen LogP contribution >= 0.6 is 0 Å². The number of epoxide rings is 1. The third-order valence-corrected chi connectivity index (χ3v) is 9.23. The van der Waals surface area contributed by atoms with Gasteiger partial charge in [0.2, 0.25) is 0 Å². The van der Waals surface area contributed by atoms with E-state index in [2.05, 4.69) is 0 Å². The Kier molecular flexibility index (Phi) is 7.45. The summed E-state index contributed by atoms with van der Waals surface area (Å²) in [5.74, 6) is -3.69. The van der Waals surface area contributed by atoms with Gasteiger partial charge in [-0.15, -0.1) is 0 Å². The highest BCUT2D eigenvalue weighted by molar-refractivity contribution is 5.89. The molecule has 0 amide bonds. The van der Waals surface area contributed by atoms with Gasteiger partial charge in [-0.1, -0.05) is 19.4 Å². The van der Waals surface area contributed by atoms with Crippen LogP contribution in [0.3, 0.4) is 0 Å². The van der Waals surface area contributed by atoms with E-state index in [1.165, 1.54) is 27.7 Å². The number of carbonyl (C=O) groups excluding carboxylic acids is 4. The molecule has 3 fully saturated rings. The summed E-state index contributed by atoms with van der Waals surface area (Å²) in [7, 11) is 0. The lowest BCUT2D eigenvalue weighted by molar-refractivity contribution is -0.274. The second-order valence-electron chi connectivity index (χ2n) is 12.0. The van der Waals surface area contributed by atoms with Gasteiger partial charge in [0, 0.05) is 32.6 Å². The minimum atomic E-state index is -1.93. The third kappa shape index (κ3) is 4.46. The van der Waals surface area contributed by atoms with E-state index >= 15 is 0 Å². The van der Waals surface area contributed by atoms with Gasteiger partial charge in [-0.2, -0.15) is 0 Å². The van der Waals surface area contributed by atoms with Gasteiger partial charge >= 0.3 is 23.9 Å². The zero-order valence-corrected chi connectivity index (χ0v) is 23.6. The van der Waals surface area contributed by atoms with E-state index in [1.807, 2.05) is 13.8 Å². The first-order valence-corrected chi connectivity index (χ1v) is 13.6. The Balaban J connectivity index is 1.94. The fraction of sp³-hybridized carbons (Fsp3) is 0.786. The van der Waals surface area contributed by atoms with Gasteiger partial charge in [-0.25, -0.2) is 4.79 Å². The van der Waals surface area contributed by atoms with E-state index in [1.54, 1.807) is 13.0 Å². The lowest BCUT2D eigenvalue weighted by Crippen LogP contribution is -2.72. The molecule has 2 N–H and O–H groups in total. The Morgan fingerprint density at radius 3 is 2.23 bits per heavy atom. The van der Waals surface area contributed by atoms with Crippen LogP contribution in [0, 0.1) is 11.3 Å². The van der Waals surface area contributed by atoms with Crippen molar-refractivity contribution in [3.8, 4) is 0 Å². The Bertz CT molecular complexity index is 1080. The van der Waals surface area contributed by atoms with Crippen molar-refractivity contribution in [1.82, 2.24) is 0 Å². The van der Waals surface area contributed by atoms with Crippen molar-refractivity contribution in [2.45, 2.75) is 128 Å². The minimum absolute atomic E-state index is 0.0989. The van der Waals surface area contributed by atoms with Gasteiger partial charge in [-0.05, 0) is 46.1 Å². The van der Waals surface area contributed by atoms with Crippen LogP contribution in [0.15, 0.2) is 11.6 Å². The largest absolute Gasteiger partial charge is 0.462 e. The van der Waals surface area contributed by atoms with Crippen molar-refractivity contribution in [3.63, 3.8) is 0 Å². The van der Waals surface area contributed by atoms with Crippen molar-refractivity contribution < 1.29 is 53.1 Å². The average Bonchev–Trinajstić information content (AvgIpc) is 3.40. The molecule has 11 heteroatoms. The topological polar surface area (TPSA) is 158 Å². The highest BCUT2D eigenvalue weighted by Gasteiger charge is 2.87. The average molecular weight is 553 g/mol. The summed E-state index contributed by atoms with van der Waals surface area (Å²) in [6, 6.07) is 0. The molecular weight excluding hydrogens is 512 g/mol. The van der Waals surface area contributed by atoms with Crippen molar-refractivity contribution >= 4 is 23.9 Å². The molecule has 2 aliphatic carbocycles. The molecule has 2 heterocycles. The molecule has 4 aliphatic rings. The third-order valence-electron chi connectivity index (χ3n) is 9.23. The fourth-order valence-corrected chi connectivity index (χ4v) is 7.22. The first-order chi connectivity index (χ1) is 18.0. The van der Waals surface area contributed by atoms with Gasteiger partial charge in [-0.3, -0.25) is 14.4 Å². The number of allylic oxidation sites excluding steroid dienone is 1. The number of aliphatic hydroxyl groups is 2. The second-order valence-corrected chi connectivity index (χ2v) is 12.0. The van der Waals surface area contributed by atoms with Crippen molar-refractivity contribution in [2.75, 3.05) is 0 Å².